The first-order valence-electron chi connectivity index (χ1n) is 6.19. The third-order valence-electron chi connectivity index (χ3n) is 3.02. The van der Waals surface area contributed by atoms with Crippen molar-refractivity contribution in [3.05, 3.63) is 28.7 Å². The van der Waals surface area contributed by atoms with E-state index in [-0.39, 0.29) is 13.2 Å². The van der Waals surface area contributed by atoms with E-state index in [2.05, 4.69) is 25.2 Å². The molecule has 1 aliphatic rings. The lowest BCUT2D eigenvalue weighted by atomic mass is 10.1. The molecule has 0 aliphatic carbocycles. The lowest BCUT2D eigenvalue weighted by molar-refractivity contribution is -0.0501. The van der Waals surface area contributed by atoms with Gasteiger partial charge in [-0.25, -0.2) is 0 Å². The highest BCUT2D eigenvalue weighted by atomic mass is 79.9. The van der Waals surface area contributed by atoms with Crippen LogP contribution in [0.2, 0.25) is 0 Å². The second-order valence-corrected chi connectivity index (χ2v) is 7.02. The summed E-state index contributed by atoms with van der Waals surface area (Å²) in [5.41, 5.74) is -4.55. The van der Waals surface area contributed by atoms with E-state index in [9.17, 15) is 21.6 Å². The summed E-state index contributed by atoms with van der Waals surface area (Å²) in [5.74, 6) is -0.142. The van der Waals surface area contributed by atoms with Gasteiger partial charge in [0.2, 0.25) is 0 Å². The Labute approximate surface area is 137 Å². The molecule has 2 heterocycles. The minimum absolute atomic E-state index is 0.226. The molecule has 0 unspecified atom stereocenters. The van der Waals surface area contributed by atoms with E-state index in [1.807, 2.05) is 0 Å². The van der Waals surface area contributed by atoms with Gasteiger partial charge in [-0.15, -0.1) is 5.10 Å². The van der Waals surface area contributed by atoms with Crippen LogP contribution in [0.1, 0.15) is 0 Å². The summed E-state index contributed by atoms with van der Waals surface area (Å²) in [6.07, 6.45) is 0. The molecular weight excluding hydrogens is 405 g/mol. The van der Waals surface area contributed by atoms with Gasteiger partial charge in [0.1, 0.15) is 12.4 Å². The SMILES string of the molecule is O=S(=O)(Oc1cc2n(n1)CCOc1cc(Br)ccc1-2)C(F)(F)F. The van der Waals surface area contributed by atoms with Crippen molar-refractivity contribution in [1.29, 1.82) is 0 Å². The molecule has 1 aromatic carbocycles. The average Bonchev–Trinajstić information content (AvgIpc) is 2.72. The topological polar surface area (TPSA) is 70.4 Å². The lowest BCUT2D eigenvalue weighted by Gasteiger charge is -2.07. The summed E-state index contributed by atoms with van der Waals surface area (Å²) in [7, 11) is -5.76. The van der Waals surface area contributed by atoms with Gasteiger partial charge >= 0.3 is 15.6 Å². The zero-order chi connectivity index (χ0) is 16.8. The fourth-order valence-electron chi connectivity index (χ4n) is 2.05. The Bertz CT molecular complexity index is 864. The monoisotopic (exact) mass is 412 g/mol. The molecule has 3 rings (SSSR count). The van der Waals surface area contributed by atoms with Gasteiger partial charge in [0.15, 0.2) is 0 Å². The first-order valence-corrected chi connectivity index (χ1v) is 8.39. The van der Waals surface area contributed by atoms with Gasteiger partial charge in [0, 0.05) is 16.1 Å². The maximum Gasteiger partial charge on any atom is 0.534 e. The van der Waals surface area contributed by atoms with E-state index in [0.717, 1.165) is 10.5 Å². The van der Waals surface area contributed by atoms with Crippen molar-refractivity contribution >= 4 is 26.0 Å². The molecule has 124 valence electrons. The fraction of sp³-hybridized carbons (Fsp3) is 0.250. The molecule has 0 N–H and O–H groups in total. The molecule has 6 nitrogen and oxygen atoms in total. The molecule has 0 spiro atoms. The number of fused-ring (bicyclic) bond motifs is 3. The van der Waals surface area contributed by atoms with Crippen molar-refractivity contribution < 1.29 is 30.5 Å². The quantitative estimate of drug-likeness (QED) is 0.560. The van der Waals surface area contributed by atoms with Crippen molar-refractivity contribution in [3.8, 4) is 22.9 Å². The summed E-state index contributed by atoms with van der Waals surface area (Å²) in [5, 5.41) is 3.75. The largest absolute Gasteiger partial charge is 0.534 e. The highest BCUT2D eigenvalue weighted by Gasteiger charge is 2.49. The average molecular weight is 413 g/mol. The van der Waals surface area contributed by atoms with Gasteiger partial charge in [-0.05, 0) is 18.2 Å². The van der Waals surface area contributed by atoms with Gasteiger partial charge in [0.25, 0.3) is 5.88 Å². The van der Waals surface area contributed by atoms with E-state index < -0.39 is 21.5 Å². The number of hydrogen-bond donors (Lipinski definition) is 0. The Kier molecular flexibility index (Phi) is 3.79. The fourth-order valence-corrected chi connectivity index (χ4v) is 2.79. The van der Waals surface area contributed by atoms with Crippen LogP contribution < -0.4 is 8.92 Å². The summed E-state index contributed by atoms with van der Waals surface area (Å²) in [6, 6.07) is 6.23. The second kappa shape index (κ2) is 5.41. The molecule has 0 saturated heterocycles. The Hall–Kier alpha value is -1.75. The molecule has 0 radical (unpaired) electrons. The Morgan fingerprint density at radius 2 is 2.04 bits per heavy atom. The molecule has 11 heteroatoms. The molecule has 0 fully saturated rings. The highest BCUT2D eigenvalue weighted by molar-refractivity contribution is 9.10. The van der Waals surface area contributed by atoms with Crippen LogP contribution in [0.5, 0.6) is 11.6 Å². The Morgan fingerprint density at radius 1 is 1.30 bits per heavy atom. The Balaban J connectivity index is 2.02. The van der Waals surface area contributed by atoms with Crippen LogP contribution in [0.3, 0.4) is 0 Å². The number of nitrogens with zero attached hydrogens (tertiary/aromatic N) is 2. The highest BCUT2D eigenvalue weighted by Crippen LogP contribution is 2.37. The van der Waals surface area contributed by atoms with E-state index in [1.165, 1.54) is 4.68 Å². The van der Waals surface area contributed by atoms with Crippen LogP contribution in [0, 0.1) is 0 Å². The van der Waals surface area contributed by atoms with Gasteiger partial charge in [-0.1, -0.05) is 15.9 Å². The summed E-state index contributed by atoms with van der Waals surface area (Å²) >= 11 is 3.29. The van der Waals surface area contributed by atoms with E-state index in [0.29, 0.717) is 17.0 Å². The number of benzene rings is 1. The first kappa shape index (κ1) is 16.1. The predicted molar refractivity (Wildman–Crippen MR) is 76.5 cm³/mol. The van der Waals surface area contributed by atoms with Crippen LogP contribution >= 0.6 is 15.9 Å². The molecule has 0 bridgehead atoms. The van der Waals surface area contributed by atoms with Crippen molar-refractivity contribution in [2.24, 2.45) is 0 Å². The predicted octanol–water partition coefficient (Wildman–Crippen LogP) is 2.93. The molecule has 23 heavy (non-hydrogen) atoms. The smallest absolute Gasteiger partial charge is 0.491 e. The normalized spacial score (nSPS) is 14.4. The number of aromatic nitrogens is 2. The van der Waals surface area contributed by atoms with Crippen LogP contribution in [0.25, 0.3) is 11.3 Å². The molecule has 0 saturated carbocycles. The van der Waals surface area contributed by atoms with Crippen LogP contribution in [-0.2, 0) is 16.7 Å². The Morgan fingerprint density at radius 3 is 2.74 bits per heavy atom. The zero-order valence-electron chi connectivity index (χ0n) is 11.2. The number of ether oxygens (including phenoxy) is 1. The minimum Gasteiger partial charge on any atom is -0.491 e. The number of rotatable bonds is 2. The van der Waals surface area contributed by atoms with Crippen LogP contribution in [0.4, 0.5) is 13.2 Å². The van der Waals surface area contributed by atoms with E-state index in [1.54, 1.807) is 18.2 Å². The molecule has 2 aromatic rings. The van der Waals surface area contributed by atoms with Gasteiger partial charge in [0.05, 0.1) is 12.2 Å². The first-order chi connectivity index (χ1) is 10.7. The second-order valence-electron chi connectivity index (χ2n) is 4.56. The number of alkyl halides is 3. The maximum absolute atomic E-state index is 12.4. The van der Waals surface area contributed by atoms with Gasteiger partial charge < -0.3 is 8.92 Å². The summed E-state index contributed by atoms with van der Waals surface area (Å²) < 4.78 is 71.0. The minimum atomic E-state index is -5.76. The van der Waals surface area contributed by atoms with E-state index in [4.69, 9.17) is 4.74 Å². The third-order valence-corrected chi connectivity index (χ3v) is 4.47. The summed E-state index contributed by atoms with van der Waals surface area (Å²) in [4.78, 5) is 0. The van der Waals surface area contributed by atoms with Crippen molar-refractivity contribution in [1.82, 2.24) is 9.78 Å². The molecule has 1 aromatic heterocycles. The van der Waals surface area contributed by atoms with Crippen molar-refractivity contribution in [2.45, 2.75) is 12.1 Å². The van der Waals surface area contributed by atoms with Gasteiger partial charge in [-0.2, -0.15) is 21.6 Å². The zero-order valence-corrected chi connectivity index (χ0v) is 13.6. The molecule has 0 atom stereocenters. The van der Waals surface area contributed by atoms with E-state index >= 15 is 0 Å². The molecular formula is C12H8BrF3N2O4S. The maximum atomic E-state index is 12.4. The standard InChI is InChI=1S/C12H8BrF3N2O4S/c13-7-1-2-8-9-6-11(22-23(19,20)12(14,15)16)17-18(9)3-4-21-10(8)5-7/h1-2,5-6H,3-4H2. The summed E-state index contributed by atoms with van der Waals surface area (Å²) in [6.45, 7) is 0.459. The van der Waals surface area contributed by atoms with Crippen molar-refractivity contribution in [3.63, 3.8) is 0 Å². The van der Waals surface area contributed by atoms with Crippen molar-refractivity contribution in [2.75, 3.05) is 6.61 Å². The van der Waals surface area contributed by atoms with Crippen LogP contribution in [0.15, 0.2) is 28.7 Å². The molecule has 1 aliphatic heterocycles. The number of hydrogen-bond acceptors (Lipinski definition) is 5. The van der Waals surface area contributed by atoms with Crippen LogP contribution in [-0.4, -0.2) is 30.3 Å². The van der Waals surface area contributed by atoms with Gasteiger partial charge in [-0.3, -0.25) is 4.68 Å². The number of halogens is 4. The lowest BCUT2D eigenvalue weighted by Crippen LogP contribution is -2.28. The third kappa shape index (κ3) is 3.02. The molecule has 0 amide bonds.